The highest BCUT2D eigenvalue weighted by molar-refractivity contribution is 5.95. The maximum Gasteiger partial charge on any atom is 0.251 e. The summed E-state index contributed by atoms with van der Waals surface area (Å²) in [4.78, 5) is 16.1. The lowest BCUT2D eigenvalue weighted by Crippen LogP contribution is -2.23. The minimum Gasteiger partial charge on any atom is -0.491 e. The monoisotopic (exact) mass is 299 g/mol. The number of pyridine rings is 1. The summed E-state index contributed by atoms with van der Waals surface area (Å²) in [5.41, 5.74) is 7.92. The van der Waals surface area contributed by atoms with Crippen LogP contribution in [0.3, 0.4) is 0 Å². The first-order valence-corrected chi connectivity index (χ1v) is 7.25. The Bertz CT molecular complexity index is 627. The van der Waals surface area contributed by atoms with Crippen LogP contribution in [0.4, 0.5) is 5.69 Å². The molecular weight excluding hydrogens is 278 g/mol. The molecule has 0 aliphatic carbocycles. The van der Waals surface area contributed by atoms with E-state index >= 15 is 0 Å². The van der Waals surface area contributed by atoms with Crippen molar-refractivity contribution < 1.29 is 9.53 Å². The van der Waals surface area contributed by atoms with Crippen LogP contribution in [0.5, 0.6) is 5.75 Å². The number of nitrogens with one attached hydrogen (secondary N) is 1. The highest BCUT2D eigenvalue weighted by atomic mass is 16.5. The van der Waals surface area contributed by atoms with Gasteiger partial charge in [-0.15, -0.1) is 0 Å². The molecule has 0 unspecified atom stereocenters. The smallest absolute Gasteiger partial charge is 0.251 e. The first-order valence-electron chi connectivity index (χ1n) is 7.25. The lowest BCUT2D eigenvalue weighted by molar-refractivity contribution is 0.0951. The highest BCUT2D eigenvalue weighted by Gasteiger charge is 2.09. The Labute approximate surface area is 130 Å². The van der Waals surface area contributed by atoms with Gasteiger partial charge in [-0.05, 0) is 41.8 Å². The van der Waals surface area contributed by atoms with E-state index in [1.807, 2.05) is 12.1 Å². The molecule has 0 saturated carbocycles. The third-order valence-corrected chi connectivity index (χ3v) is 3.05. The van der Waals surface area contributed by atoms with Gasteiger partial charge in [0.2, 0.25) is 0 Å². The molecule has 5 nitrogen and oxygen atoms in total. The second-order valence-corrected chi connectivity index (χ2v) is 5.50. The molecule has 1 aromatic heterocycles. The molecule has 1 aromatic carbocycles. The van der Waals surface area contributed by atoms with Crippen LogP contribution in [0.15, 0.2) is 42.7 Å². The molecule has 0 fully saturated rings. The summed E-state index contributed by atoms with van der Waals surface area (Å²) < 4.78 is 5.60. The summed E-state index contributed by atoms with van der Waals surface area (Å²) in [7, 11) is 0. The number of hydrogen-bond donors (Lipinski definition) is 2. The average Bonchev–Trinajstić information content (AvgIpc) is 2.52. The number of aromatic nitrogens is 1. The predicted octanol–water partition coefficient (Wildman–Crippen LogP) is 2.63. The summed E-state index contributed by atoms with van der Waals surface area (Å²) in [5.74, 6) is 0.862. The fourth-order valence-electron chi connectivity index (χ4n) is 1.86. The van der Waals surface area contributed by atoms with Crippen LogP contribution in [0.25, 0.3) is 0 Å². The Morgan fingerprint density at radius 3 is 2.64 bits per heavy atom. The van der Waals surface area contributed by atoms with E-state index in [0.717, 1.165) is 5.56 Å². The number of nitrogen functional groups attached to an aromatic ring is 1. The Kier molecular flexibility index (Phi) is 5.36. The van der Waals surface area contributed by atoms with Crippen LogP contribution < -0.4 is 15.8 Å². The van der Waals surface area contributed by atoms with Crippen molar-refractivity contribution in [1.82, 2.24) is 10.3 Å². The summed E-state index contributed by atoms with van der Waals surface area (Å²) in [6.45, 7) is 5.18. The number of hydrogen-bond acceptors (Lipinski definition) is 4. The molecule has 0 radical (unpaired) electrons. The van der Waals surface area contributed by atoms with Gasteiger partial charge in [0.05, 0.1) is 12.3 Å². The van der Waals surface area contributed by atoms with Crippen LogP contribution >= 0.6 is 0 Å². The molecule has 1 heterocycles. The normalized spacial score (nSPS) is 10.5. The Morgan fingerprint density at radius 1 is 1.27 bits per heavy atom. The summed E-state index contributed by atoms with van der Waals surface area (Å²) in [5, 5.41) is 2.85. The molecule has 2 aromatic rings. The molecule has 0 aliphatic heterocycles. The Morgan fingerprint density at radius 2 is 2.00 bits per heavy atom. The van der Waals surface area contributed by atoms with Gasteiger partial charge in [0.15, 0.2) is 0 Å². The van der Waals surface area contributed by atoms with E-state index < -0.39 is 0 Å². The summed E-state index contributed by atoms with van der Waals surface area (Å²) >= 11 is 0. The van der Waals surface area contributed by atoms with Crippen LogP contribution in [-0.2, 0) is 6.54 Å². The fourth-order valence-corrected chi connectivity index (χ4v) is 1.86. The number of anilines is 1. The van der Waals surface area contributed by atoms with Gasteiger partial charge in [-0.2, -0.15) is 0 Å². The van der Waals surface area contributed by atoms with Crippen molar-refractivity contribution in [2.24, 2.45) is 5.92 Å². The predicted molar refractivity (Wildman–Crippen MR) is 86.6 cm³/mol. The van der Waals surface area contributed by atoms with E-state index in [1.165, 1.54) is 0 Å². The number of amides is 1. The second-order valence-electron chi connectivity index (χ2n) is 5.50. The zero-order valence-electron chi connectivity index (χ0n) is 12.9. The number of benzene rings is 1. The largest absolute Gasteiger partial charge is 0.491 e. The zero-order chi connectivity index (χ0) is 15.9. The van der Waals surface area contributed by atoms with Crippen molar-refractivity contribution in [1.29, 1.82) is 0 Å². The van der Waals surface area contributed by atoms with Gasteiger partial charge in [-0.1, -0.05) is 13.8 Å². The van der Waals surface area contributed by atoms with Gasteiger partial charge >= 0.3 is 0 Å². The maximum absolute atomic E-state index is 12.1. The van der Waals surface area contributed by atoms with Crippen molar-refractivity contribution in [3.63, 3.8) is 0 Å². The molecule has 3 N–H and O–H groups in total. The molecule has 0 saturated heterocycles. The lowest BCUT2D eigenvalue weighted by atomic mass is 10.1. The number of rotatable bonds is 6. The number of carbonyl (C=O) groups excluding carboxylic acids is 1. The van der Waals surface area contributed by atoms with Gasteiger partial charge in [0.25, 0.3) is 5.91 Å². The van der Waals surface area contributed by atoms with Crippen molar-refractivity contribution in [3.8, 4) is 5.75 Å². The van der Waals surface area contributed by atoms with E-state index in [4.69, 9.17) is 10.5 Å². The summed E-state index contributed by atoms with van der Waals surface area (Å²) in [6.07, 6.45) is 3.39. The molecule has 116 valence electrons. The van der Waals surface area contributed by atoms with E-state index in [9.17, 15) is 4.79 Å². The van der Waals surface area contributed by atoms with Crippen molar-refractivity contribution in [2.75, 3.05) is 12.3 Å². The number of ether oxygens (including phenoxy) is 1. The molecule has 0 aliphatic rings. The Hall–Kier alpha value is -2.56. The Balaban J connectivity index is 1.97. The molecule has 0 bridgehead atoms. The minimum absolute atomic E-state index is 0.168. The number of nitrogens with two attached hydrogens (primary N) is 1. The van der Waals surface area contributed by atoms with Crippen LogP contribution in [0, 0.1) is 5.92 Å². The van der Waals surface area contributed by atoms with Gasteiger partial charge in [-0.3, -0.25) is 9.78 Å². The van der Waals surface area contributed by atoms with E-state index in [-0.39, 0.29) is 5.91 Å². The molecule has 0 atom stereocenters. The zero-order valence-corrected chi connectivity index (χ0v) is 12.9. The third-order valence-electron chi connectivity index (χ3n) is 3.05. The van der Waals surface area contributed by atoms with E-state index in [1.54, 1.807) is 30.6 Å². The number of nitrogens with zero attached hydrogens (tertiary/aromatic N) is 1. The minimum atomic E-state index is -0.168. The van der Waals surface area contributed by atoms with Gasteiger partial charge in [-0.25, -0.2) is 0 Å². The van der Waals surface area contributed by atoms with Crippen molar-refractivity contribution in [3.05, 3.63) is 53.9 Å². The maximum atomic E-state index is 12.1. The van der Waals surface area contributed by atoms with Gasteiger partial charge in [0.1, 0.15) is 5.75 Å². The molecule has 22 heavy (non-hydrogen) atoms. The highest BCUT2D eigenvalue weighted by Crippen LogP contribution is 2.23. The fraction of sp³-hybridized carbons (Fsp3) is 0.294. The average molecular weight is 299 g/mol. The lowest BCUT2D eigenvalue weighted by Gasteiger charge is -2.12. The van der Waals surface area contributed by atoms with E-state index in [0.29, 0.717) is 36.1 Å². The van der Waals surface area contributed by atoms with Crippen molar-refractivity contribution >= 4 is 11.6 Å². The molecule has 5 heteroatoms. The topological polar surface area (TPSA) is 77.2 Å². The molecule has 1 amide bonds. The number of carbonyl (C=O) groups is 1. The van der Waals surface area contributed by atoms with Gasteiger partial charge in [0, 0.05) is 24.5 Å². The summed E-state index contributed by atoms with van der Waals surface area (Å²) in [6, 6.07) is 8.81. The molecule has 2 rings (SSSR count). The standard InChI is InChI=1S/C17H21N3O2/c1-12(2)11-22-16-4-3-14(9-15(16)18)17(21)20-10-13-5-7-19-8-6-13/h3-9,12H,10-11,18H2,1-2H3,(H,20,21). The van der Waals surface area contributed by atoms with Gasteiger partial charge < -0.3 is 15.8 Å². The van der Waals surface area contributed by atoms with Crippen LogP contribution in [-0.4, -0.2) is 17.5 Å². The SMILES string of the molecule is CC(C)COc1ccc(C(=O)NCc2ccncc2)cc1N. The van der Waals surface area contributed by atoms with Crippen LogP contribution in [0.1, 0.15) is 29.8 Å². The molecular formula is C17H21N3O2. The van der Waals surface area contributed by atoms with Crippen LogP contribution in [0.2, 0.25) is 0 Å². The molecule has 0 spiro atoms. The van der Waals surface area contributed by atoms with E-state index in [2.05, 4.69) is 24.1 Å². The quantitative estimate of drug-likeness (QED) is 0.804. The van der Waals surface area contributed by atoms with Crippen molar-refractivity contribution in [2.45, 2.75) is 20.4 Å². The third kappa shape index (κ3) is 4.48. The first kappa shape index (κ1) is 15.8. The first-order chi connectivity index (χ1) is 10.6. The second kappa shape index (κ2) is 7.45.